The first-order valence-corrected chi connectivity index (χ1v) is 6.62. The summed E-state index contributed by atoms with van der Waals surface area (Å²) in [6.45, 7) is 2.20. The number of esters is 1. The SMILES string of the molecule is CCNC(=O)/C(=C/C(=O)OC)Nc1cc(OC)ccc1OC. The van der Waals surface area contributed by atoms with E-state index in [1.165, 1.54) is 21.3 Å². The molecule has 0 fully saturated rings. The molecule has 22 heavy (non-hydrogen) atoms. The molecule has 7 heteroatoms. The molecule has 7 nitrogen and oxygen atoms in total. The first kappa shape index (κ1) is 17.4. The molecule has 0 heterocycles. The first-order chi connectivity index (χ1) is 10.5. The minimum Gasteiger partial charge on any atom is -0.497 e. The lowest BCUT2D eigenvalue weighted by Crippen LogP contribution is -2.28. The zero-order chi connectivity index (χ0) is 16.5. The average molecular weight is 308 g/mol. The van der Waals surface area contributed by atoms with Crippen LogP contribution < -0.4 is 20.1 Å². The van der Waals surface area contributed by atoms with Gasteiger partial charge in [-0.05, 0) is 19.1 Å². The van der Waals surface area contributed by atoms with Crippen LogP contribution in [0.15, 0.2) is 30.0 Å². The number of rotatable bonds is 7. The molecule has 0 radical (unpaired) electrons. The van der Waals surface area contributed by atoms with Crippen molar-refractivity contribution in [2.24, 2.45) is 0 Å². The summed E-state index contributed by atoms with van der Waals surface area (Å²) in [6, 6.07) is 5.07. The van der Waals surface area contributed by atoms with Crippen molar-refractivity contribution >= 4 is 17.6 Å². The van der Waals surface area contributed by atoms with Gasteiger partial charge in [0.1, 0.15) is 17.2 Å². The molecular formula is C15H20N2O5. The van der Waals surface area contributed by atoms with Crippen LogP contribution in [0, 0.1) is 0 Å². The standard InChI is InChI=1S/C15H20N2O5/c1-5-16-15(19)12(9-14(18)22-4)17-11-8-10(20-2)6-7-13(11)21-3/h6-9,17H,5H2,1-4H3,(H,16,19)/b12-9-. The topological polar surface area (TPSA) is 85.9 Å². The third kappa shape index (κ3) is 4.69. The number of carbonyl (C=O) groups is 2. The molecule has 0 aliphatic carbocycles. The van der Waals surface area contributed by atoms with Crippen molar-refractivity contribution in [3.63, 3.8) is 0 Å². The fourth-order valence-electron chi connectivity index (χ4n) is 1.65. The van der Waals surface area contributed by atoms with Gasteiger partial charge in [0.25, 0.3) is 5.91 Å². The summed E-state index contributed by atoms with van der Waals surface area (Å²) in [5.41, 5.74) is 0.531. The minimum atomic E-state index is -0.643. The lowest BCUT2D eigenvalue weighted by Gasteiger charge is -2.14. The summed E-state index contributed by atoms with van der Waals surface area (Å²) >= 11 is 0. The Bertz CT molecular complexity index is 569. The van der Waals surface area contributed by atoms with E-state index in [4.69, 9.17) is 9.47 Å². The molecule has 0 unspecified atom stereocenters. The summed E-state index contributed by atoms with van der Waals surface area (Å²) in [6.07, 6.45) is 1.07. The maximum Gasteiger partial charge on any atom is 0.332 e. The predicted octanol–water partition coefficient (Wildman–Crippen LogP) is 1.31. The van der Waals surface area contributed by atoms with E-state index in [0.717, 1.165) is 6.08 Å². The molecule has 1 amide bonds. The number of hydrogen-bond donors (Lipinski definition) is 2. The number of likely N-dealkylation sites (N-methyl/N-ethyl adjacent to an activating group) is 1. The number of carbonyl (C=O) groups excluding carboxylic acids is 2. The van der Waals surface area contributed by atoms with Gasteiger partial charge in [0.05, 0.1) is 33.1 Å². The average Bonchev–Trinajstić information content (AvgIpc) is 2.54. The fourth-order valence-corrected chi connectivity index (χ4v) is 1.65. The molecule has 0 aliphatic rings. The highest BCUT2D eigenvalue weighted by Crippen LogP contribution is 2.29. The van der Waals surface area contributed by atoms with Gasteiger partial charge in [-0.3, -0.25) is 4.79 Å². The molecule has 2 N–H and O–H groups in total. The molecule has 0 aromatic heterocycles. The highest BCUT2D eigenvalue weighted by atomic mass is 16.5. The van der Waals surface area contributed by atoms with Crippen LogP contribution in [0.3, 0.4) is 0 Å². The van der Waals surface area contributed by atoms with Crippen LogP contribution in [0.5, 0.6) is 11.5 Å². The second-order valence-electron chi connectivity index (χ2n) is 4.13. The second kappa shape index (κ2) is 8.56. The summed E-state index contributed by atoms with van der Waals surface area (Å²) in [7, 11) is 4.27. The van der Waals surface area contributed by atoms with E-state index in [-0.39, 0.29) is 5.70 Å². The van der Waals surface area contributed by atoms with E-state index in [1.54, 1.807) is 25.1 Å². The van der Waals surface area contributed by atoms with Gasteiger partial charge >= 0.3 is 5.97 Å². The van der Waals surface area contributed by atoms with Gasteiger partial charge in [-0.25, -0.2) is 4.79 Å². The van der Waals surface area contributed by atoms with Crippen LogP contribution in [0.25, 0.3) is 0 Å². The van der Waals surface area contributed by atoms with E-state index in [9.17, 15) is 9.59 Å². The van der Waals surface area contributed by atoms with Crippen LogP contribution >= 0.6 is 0 Å². The van der Waals surface area contributed by atoms with Crippen molar-refractivity contribution < 1.29 is 23.8 Å². The van der Waals surface area contributed by atoms with Crippen LogP contribution in [0.1, 0.15) is 6.92 Å². The normalized spacial score (nSPS) is 10.6. The molecule has 1 aromatic rings. The maximum atomic E-state index is 12.0. The van der Waals surface area contributed by atoms with Gasteiger partial charge < -0.3 is 24.8 Å². The predicted molar refractivity (Wildman–Crippen MR) is 82.0 cm³/mol. The van der Waals surface area contributed by atoms with Gasteiger partial charge in [0, 0.05) is 12.6 Å². The second-order valence-corrected chi connectivity index (χ2v) is 4.13. The number of methoxy groups -OCH3 is 3. The fraction of sp³-hybridized carbons (Fsp3) is 0.333. The summed E-state index contributed by atoms with van der Waals surface area (Å²) < 4.78 is 14.9. The smallest absolute Gasteiger partial charge is 0.332 e. The third-order valence-electron chi connectivity index (χ3n) is 2.72. The highest BCUT2D eigenvalue weighted by Gasteiger charge is 2.14. The Morgan fingerprint density at radius 3 is 2.45 bits per heavy atom. The molecular weight excluding hydrogens is 288 g/mol. The lowest BCUT2D eigenvalue weighted by atomic mass is 10.2. The van der Waals surface area contributed by atoms with Gasteiger partial charge in [-0.1, -0.05) is 0 Å². The molecule has 0 saturated heterocycles. The van der Waals surface area contributed by atoms with E-state index < -0.39 is 11.9 Å². The minimum absolute atomic E-state index is 0.0419. The number of benzene rings is 1. The van der Waals surface area contributed by atoms with Gasteiger partial charge in [-0.2, -0.15) is 0 Å². The Labute approximate surface area is 129 Å². The summed E-state index contributed by atoms with van der Waals surface area (Å²) in [5, 5.41) is 5.48. The van der Waals surface area contributed by atoms with Crippen molar-refractivity contribution in [1.82, 2.24) is 5.32 Å². The Morgan fingerprint density at radius 2 is 1.91 bits per heavy atom. The third-order valence-corrected chi connectivity index (χ3v) is 2.72. The van der Waals surface area contributed by atoms with Crippen LogP contribution in [0.2, 0.25) is 0 Å². The molecule has 1 aromatic carbocycles. The highest BCUT2D eigenvalue weighted by molar-refractivity contribution is 6.02. The zero-order valence-electron chi connectivity index (χ0n) is 13.1. The Hall–Kier alpha value is -2.70. The van der Waals surface area contributed by atoms with E-state index in [1.807, 2.05) is 0 Å². The quantitative estimate of drug-likeness (QED) is 0.583. The number of amides is 1. The molecule has 0 saturated carbocycles. The molecule has 0 spiro atoms. The molecule has 0 bridgehead atoms. The van der Waals surface area contributed by atoms with E-state index >= 15 is 0 Å². The number of nitrogens with one attached hydrogen (secondary N) is 2. The maximum absolute atomic E-state index is 12.0. The van der Waals surface area contributed by atoms with E-state index in [0.29, 0.717) is 23.7 Å². The lowest BCUT2D eigenvalue weighted by molar-refractivity contribution is -0.135. The molecule has 0 atom stereocenters. The van der Waals surface area contributed by atoms with Gasteiger partial charge in [-0.15, -0.1) is 0 Å². The van der Waals surface area contributed by atoms with Crippen LogP contribution in [-0.4, -0.2) is 39.8 Å². The molecule has 0 aliphatic heterocycles. The number of anilines is 1. The van der Waals surface area contributed by atoms with Gasteiger partial charge in [0.15, 0.2) is 0 Å². The first-order valence-electron chi connectivity index (χ1n) is 6.62. The molecule has 120 valence electrons. The monoisotopic (exact) mass is 308 g/mol. The molecule has 1 rings (SSSR count). The van der Waals surface area contributed by atoms with Gasteiger partial charge in [0.2, 0.25) is 0 Å². The Kier molecular flexibility index (Phi) is 6.75. The number of hydrogen-bond acceptors (Lipinski definition) is 6. The Balaban J connectivity index is 3.15. The number of ether oxygens (including phenoxy) is 3. The van der Waals surface area contributed by atoms with E-state index in [2.05, 4.69) is 15.4 Å². The van der Waals surface area contributed by atoms with Crippen molar-refractivity contribution in [2.75, 3.05) is 33.2 Å². The summed E-state index contributed by atoms with van der Waals surface area (Å²) in [4.78, 5) is 23.5. The van der Waals surface area contributed by atoms with Crippen molar-refractivity contribution in [3.8, 4) is 11.5 Å². The largest absolute Gasteiger partial charge is 0.497 e. The summed E-state index contributed by atoms with van der Waals surface area (Å²) in [5.74, 6) is 0.00544. The van der Waals surface area contributed by atoms with Crippen molar-refractivity contribution in [3.05, 3.63) is 30.0 Å². The van der Waals surface area contributed by atoms with Crippen LogP contribution in [0.4, 0.5) is 5.69 Å². The Morgan fingerprint density at radius 1 is 1.18 bits per heavy atom. The van der Waals surface area contributed by atoms with Crippen LogP contribution in [-0.2, 0) is 14.3 Å². The zero-order valence-corrected chi connectivity index (χ0v) is 13.1. The van der Waals surface area contributed by atoms with Crippen molar-refractivity contribution in [2.45, 2.75) is 6.92 Å². The van der Waals surface area contributed by atoms with Crippen molar-refractivity contribution in [1.29, 1.82) is 0 Å².